The number of thiophene rings is 1. The maximum Gasteiger partial charge on any atom is 0.161 e. The van der Waals surface area contributed by atoms with Gasteiger partial charge in [0.15, 0.2) is 11.5 Å². The van der Waals surface area contributed by atoms with Crippen molar-refractivity contribution in [3.8, 4) is 11.5 Å². The van der Waals surface area contributed by atoms with Crippen molar-refractivity contribution in [3.05, 3.63) is 43.0 Å². The van der Waals surface area contributed by atoms with Crippen LogP contribution in [-0.4, -0.2) is 21.3 Å². The first-order chi connectivity index (χ1) is 9.60. The summed E-state index contributed by atoms with van der Waals surface area (Å²) in [6, 6.07) is 8.17. The van der Waals surface area contributed by atoms with E-state index >= 15 is 0 Å². The third kappa shape index (κ3) is 3.19. The van der Waals surface area contributed by atoms with E-state index in [1.165, 1.54) is 5.56 Å². The highest BCUT2D eigenvalue weighted by Gasteiger charge is 2.19. The van der Waals surface area contributed by atoms with Gasteiger partial charge in [0.2, 0.25) is 0 Å². The van der Waals surface area contributed by atoms with Crippen LogP contribution in [0.5, 0.6) is 11.5 Å². The fourth-order valence-corrected chi connectivity index (χ4v) is 4.99. The second-order valence-electron chi connectivity index (χ2n) is 4.12. The zero-order valence-corrected chi connectivity index (χ0v) is 15.4. The lowest BCUT2D eigenvalue weighted by Crippen LogP contribution is -2.17. The van der Waals surface area contributed by atoms with Crippen molar-refractivity contribution in [3.63, 3.8) is 0 Å². The Morgan fingerprint density at radius 1 is 1.10 bits per heavy atom. The van der Waals surface area contributed by atoms with Crippen LogP contribution in [0.3, 0.4) is 0 Å². The van der Waals surface area contributed by atoms with Crippen LogP contribution in [0.15, 0.2) is 31.8 Å². The van der Waals surface area contributed by atoms with E-state index in [1.807, 2.05) is 25.2 Å². The number of rotatable bonds is 5. The first kappa shape index (κ1) is 15.8. The molecule has 0 amide bonds. The maximum atomic E-state index is 5.37. The van der Waals surface area contributed by atoms with Crippen LogP contribution in [0.2, 0.25) is 0 Å². The molecule has 2 aromatic rings. The fraction of sp³-hybridized carbons (Fsp3) is 0.286. The van der Waals surface area contributed by atoms with Gasteiger partial charge in [0, 0.05) is 0 Å². The van der Waals surface area contributed by atoms with Gasteiger partial charge in [-0.2, -0.15) is 0 Å². The van der Waals surface area contributed by atoms with Gasteiger partial charge in [-0.15, -0.1) is 11.3 Å². The van der Waals surface area contributed by atoms with Gasteiger partial charge in [0.1, 0.15) is 0 Å². The summed E-state index contributed by atoms with van der Waals surface area (Å²) in [7, 11) is 5.23. The largest absolute Gasteiger partial charge is 0.493 e. The number of hydrogen-bond donors (Lipinski definition) is 1. The minimum absolute atomic E-state index is 0.0896. The van der Waals surface area contributed by atoms with E-state index in [1.54, 1.807) is 25.6 Å². The summed E-state index contributed by atoms with van der Waals surface area (Å²) in [6.07, 6.45) is 0. The molecule has 1 unspecified atom stereocenters. The van der Waals surface area contributed by atoms with Crippen molar-refractivity contribution in [1.29, 1.82) is 0 Å². The van der Waals surface area contributed by atoms with E-state index in [9.17, 15) is 0 Å². The number of hydrogen-bond acceptors (Lipinski definition) is 4. The third-order valence-electron chi connectivity index (χ3n) is 3.02. The highest BCUT2D eigenvalue weighted by atomic mass is 79.9. The van der Waals surface area contributed by atoms with Crippen LogP contribution in [0.25, 0.3) is 0 Å². The van der Waals surface area contributed by atoms with E-state index in [4.69, 9.17) is 9.47 Å². The number of benzene rings is 1. The number of nitrogens with one attached hydrogen (secondary N) is 1. The van der Waals surface area contributed by atoms with Gasteiger partial charge in [-0.1, -0.05) is 6.07 Å². The van der Waals surface area contributed by atoms with Gasteiger partial charge >= 0.3 is 0 Å². The van der Waals surface area contributed by atoms with E-state index in [0.29, 0.717) is 0 Å². The average molecular weight is 421 g/mol. The summed E-state index contributed by atoms with van der Waals surface area (Å²) in [6.45, 7) is 0. The zero-order valence-electron chi connectivity index (χ0n) is 11.4. The molecule has 1 atom stereocenters. The first-order valence-electron chi connectivity index (χ1n) is 5.94. The van der Waals surface area contributed by atoms with Crippen LogP contribution in [0.4, 0.5) is 0 Å². The van der Waals surface area contributed by atoms with E-state index in [2.05, 4.69) is 43.2 Å². The third-order valence-corrected chi connectivity index (χ3v) is 5.41. The predicted molar refractivity (Wildman–Crippen MR) is 90.2 cm³/mol. The van der Waals surface area contributed by atoms with Crippen molar-refractivity contribution in [2.24, 2.45) is 0 Å². The molecule has 0 radical (unpaired) electrons. The van der Waals surface area contributed by atoms with Crippen molar-refractivity contribution in [1.82, 2.24) is 5.32 Å². The molecule has 0 fully saturated rings. The van der Waals surface area contributed by atoms with Crippen molar-refractivity contribution >= 4 is 43.2 Å². The van der Waals surface area contributed by atoms with Gasteiger partial charge in [-0.3, -0.25) is 0 Å². The Morgan fingerprint density at radius 2 is 1.80 bits per heavy atom. The normalized spacial score (nSPS) is 12.2. The summed E-state index contributed by atoms with van der Waals surface area (Å²) in [5, 5.41) is 3.34. The van der Waals surface area contributed by atoms with Crippen LogP contribution in [0, 0.1) is 0 Å². The van der Waals surface area contributed by atoms with E-state index < -0.39 is 0 Å². The Hall–Kier alpha value is -0.560. The lowest BCUT2D eigenvalue weighted by atomic mass is 10.0. The van der Waals surface area contributed by atoms with E-state index in [0.717, 1.165) is 24.6 Å². The molecular formula is C14H15Br2NO2S. The summed E-state index contributed by atoms with van der Waals surface area (Å²) >= 11 is 8.79. The molecule has 0 saturated heterocycles. The number of ether oxygens (including phenoxy) is 2. The lowest BCUT2D eigenvalue weighted by Gasteiger charge is -2.18. The molecule has 0 aliphatic rings. The summed E-state index contributed by atoms with van der Waals surface area (Å²) < 4.78 is 12.9. The van der Waals surface area contributed by atoms with Crippen LogP contribution in [-0.2, 0) is 0 Å². The SMILES string of the molecule is CNC(c1ccc(OC)c(OC)c1)c1cc(Br)sc1Br. The minimum atomic E-state index is 0.0896. The Bertz CT molecular complexity index is 601. The van der Waals surface area contributed by atoms with Crippen molar-refractivity contribution in [2.75, 3.05) is 21.3 Å². The smallest absolute Gasteiger partial charge is 0.161 e. The molecule has 0 spiro atoms. The van der Waals surface area contributed by atoms with Gasteiger partial charge in [-0.25, -0.2) is 0 Å². The maximum absolute atomic E-state index is 5.37. The summed E-state index contributed by atoms with van der Waals surface area (Å²) in [5.74, 6) is 1.47. The molecule has 0 saturated carbocycles. The molecule has 2 rings (SSSR count). The molecule has 1 aromatic heterocycles. The van der Waals surface area contributed by atoms with Crippen molar-refractivity contribution in [2.45, 2.75) is 6.04 Å². The molecule has 1 heterocycles. The predicted octanol–water partition coefficient (Wildman–Crippen LogP) is 4.60. The molecule has 1 N–H and O–H groups in total. The molecule has 0 aliphatic carbocycles. The highest BCUT2D eigenvalue weighted by Crippen LogP contribution is 2.39. The summed E-state index contributed by atoms with van der Waals surface area (Å²) in [5.41, 5.74) is 2.31. The quantitative estimate of drug-likeness (QED) is 0.766. The molecular weight excluding hydrogens is 406 g/mol. The second-order valence-corrected chi connectivity index (χ2v) is 7.87. The monoisotopic (exact) mass is 419 g/mol. The molecule has 0 bridgehead atoms. The van der Waals surface area contributed by atoms with Crippen LogP contribution in [0.1, 0.15) is 17.2 Å². The number of halogens is 2. The fourth-order valence-electron chi connectivity index (χ4n) is 2.08. The highest BCUT2D eigenvalue weighted by molar-refractivity contribution is 9.12. The Morgan fingerprint density at radius 3 is 2.30 bits per heavy atom. The number of methoxy groups -OCH3 is 2. The van der Waals surface area contributed by atoms with Crippen LogP contribution < -0.4 is 14.8 Å². The molecule has 108 valence electrons. The lowest BCUT2D eigenvalue weighted by molar-refractivity contribution is 0.354. The van der Waals surface area contributed by atoms with E-state index in [-0.39, 0.29) is 6.04 Å². The van der Waals surface area contributed by atoms with Crippen molar-refractivity contribution < 1.29 is 9.47 Å². The Kier molecular flexibility index (Phi) is 5.49. The summed E-state index contributed by atoms with van der Waals surface area (Å²) in [4.78, 5) is 0. The minimum Gasteiger partial charge on any atom is -0.493 e. The van der Waals surface area contributed by atoms with Gasteiger partial charge in [0.25, 0.3) is 0 Å². The average Bonchev–Trinajstić information content (AvgIpc) is 2.78. The van der Waals surface area contributed by atoms with Gasteiger partial charge < -0.3 is 14.8 Å². The standard InChI is InChI=1S/C14H15Br2NO2S/c1-17-13(9-7-12(15)20-14(9)16)8-4-5-10(18-2)11(6-8)19-3/h4-7,13,17H,1-3H3. The molecule has 1 aromatic carbocycles. The molecule has 0 aliphatic heterocycles. The molecule has 20 heavy (non-hydrogen) atoms. The molecule has 6 heteroatoms. The topological polar surface area (TPSA) is 30.5 Å². The Balaban J connectivity index is 2.44. The zero-order chi connectivity index (χ0) is 14.7. The van der Waals surface area contributed by atoms with Gasteiger partial charge in [0.05, 0.1) is 27.8 Å². The van der Waals surface area contributed by atoms with Crippen LogP contribution >= 0.6 is 43.2 Å². The molecule has 3 nitrogen and oxygen atoms in total. The van der Waals surface area contributed by atoms with Gasteiger partial charge in [-0.05, 0) is 68.2 Å². The Labute approximate surface area is 139 Å². The second kappa shape index (κ2) is 6.93. The first-order valence-corrected chi connectivity index (χ1v) is 8.34.